The van der Waals surface area contributed by atoms with Crippen molar-refractivity contribution in [3.05, 3.63) is 18.0 Å². The lowest BCUT2D eigenvalue weighted by molar-refractivity contribution is -0.125. The van der Waals surface area contributed by atoms with Gasteiger partial charge in [-0.3, -0.25) is 9.48 Å². The Morgan fingerprint density at radius 2 is 2.04 bits per heavy atom. The monoisotopic (exact) mass is 340 g/mol. The van der Waals surface area contributed by atoms with Gasteiger partial charge in [-0.2, -0.15) is 5.10 Å². The van der Waals surface area contributed by atoms with Crippen LogP contribution in [0.1, 0.15) is 51.0 Å². The largest absolute Gasteiger partial charge is 0.353 e. The molecule has 1 aromatic heterocycles. The van der Waals surface area contributed by atoms with Crippen molar-refractivity contribution in [1.82, 2.24) is 20.4 Å². The summed E-state index contributed by atoms with van der Waals surface area (Å²) in [7, 11) is 1.92. The van der Waals surface area contributed by atoms with E-state index in [1.54, 1.807) is 0 Å². The first kappa shape index (κ1) is 18.3. The van der Waals surface area contributed by atoms with E-state index in [0.717, 1.165) is 31.5 Å². The number of carbonyl (C=O) groups is 1. The fourth-order valence-electron chi connectivity index (χ4n) is 3.79. The SMILES string of the molecule is Cl.Cn1cc([C@H]2CNC[C@@H]2C(=O)NC2CCC(C)(C)CC2)cn1. The van der Waals surface area contributed by atoms with Crippen LogP contribution in [0.3, 0.4) is 0 Å². The van der Waals surface area contributed by atoms with Crippen LogP contribution in [0.5, 0.6) is 0 Å². The van der Waals surface area contributed by atoms with Gasteiger partial charge in [-0.1, -0.05) is 13.8 Å². The summed E-state index contributed by atoms with van der Waals surface area (Å²) in [5, 5.41) is 10.9. The first-order valence-corrected chi connectivity index (χ1v) is 8.44. The fraction of sp³-hybridized carbons (Fsp3) is 0.765. The van der Waals surface area contributed by atoms with Gasteiger partial charge >= 0.3 is 0 Å². The van der Waals surface area contributed by atoms with Gasteiger partial charge < -0.3 is 10.6 Å². The molecular weight excluding hydrogens is 312 g/mol. The number of halogens is 1. The molecular formula is C17H29ClN4O. The van der Waals surface area contributed by atoms with Crippen molar-refractivity contribution in [3.8, 4) is 0 Å². The normalized spacial score (nSPS) is 27.4. The molecule has 0 radical (unpaired) electrons. The molecule has 0 aromatic carbocycles. The smallest absolute Gasteiger partial charge is 0.225 e. The average molecular weight is 341 g/mol. The summed E-state index contributed by atoms with van der Waals surface area (Å²) in [6.07, 6.45) is 8.54. The molecule has 1 amide bonds. The van der Waals surface area contributed by atoms with E-state index in [-0.39, 0.29) is 30.2 Å². The Kier molecular flexibility index (Phi) is 5.74. The maximum absolute atomic E-state index is 12.7. The second-order valence-electron chi connectivity index (χ2n) is 7.77. The van der Waals surface area contributed by atoms with Gasteiger partial charge in [0.1, 0.15) is 0 Å². The van der Waals surface area contributed by atoms with E-state index in [4.69, 9.17) is 0 Å². The molecule has 6 heteroatoms. The van der Waals surface area contributed by atoms with Crippen molar-refractivity contribution in [2.75, 3.05) is 13.1 Å². The molecule has 1 aliphatic heterocycles. The van der Waals surface area contributed by atoms with E-state index in [0.29, 0.717) is 11.5 Å². The van der Waals surface area contributed by atoms with Crippen molar-refractivity contribution in [2.45, 2.75) is 51.5 Å². The van der Waals surface area contributed by atoms with Gasteiger partial charge in [-0.05, 0) is 36.7 Å². The van der Waals surface area contributed by atoms with Crippen LogP contribution in [0.15, 0.2) is 12.4 Å². The maximum atomic E-state index is 12.7. The Hall–Kier alpha value is -1.07. The Bertz CT molecular complexity index is 532. The summed E-state index contributed by atoms with van der Waals surface area (Å²) in [4.78, 5) is 12.7. The van der Waals surface area contributed by atoms with E-state index < -0.39 is 0 Å². The second kappa shape index (κ2) is 7.22. The molecule has 0 bridgehead atoms. The van der Waals surface area contributed by atoms with E-state index in [1.807, 2.05) is 24.1 Å². The number of hydrogen-bond donors (Lipinski definition) is 2. The number of nitrogens with zero attached hydrogens (tertiary/aromatic N) is 2. The van der Waals surface area contributed by atoms with Crippen LogP contribution in [0.2, 0.25) is 0 Å². The van der Waals surface area contributed by atoms with Crippen molar-refractivity contribution < 1.29 is 4.79 Å². The van der Waals surface area contributed by atoms with Crippen molar-refractivity contribution in [1.29, 1.82) is 0 Å². The Labute approximate surface area is 145 Å². The molecule has 130 valence electrons. The highest BCUT2D eigenvalue weighted by atomic mass is 35.5. The molecule has 2 fully saturated rings. The Morgan fingerprint density at radius 1 is 1.35 bits per heavy atom. The van der Waals surface area contributed by atoms with Gasteiger partial charge in [0.2, 0.25) is 5.91 Å². The molecule has 1 saturated carbocycles. The summed E-state index contributed by atoms with van der Waals surface area (Å²) in [6, 6.07) is 0.357. The number of carbonyl (C=O) groups excluding carboxylic acids is 1. The second-order valence-corrected chi connectivity index (χ2v) is 7.77. The lowest BCUT2D eigenvalue weighted by atomic mass is 9.75. The van der Waals surface area contributed by atoms with E-state index in [1.165, 1.54) is 12.8 Å². The van der Waals surface area contributed by atoms with Gasteiger partial charge in [-0.25, -0.2) is 0 Å². The number of rotatable bonds is 3. The van der Waals surface area contributed by atoms with Gasteiger partial charge in [0.25, 0.3) is 0 Å². The molecule has 5 nitrogen and oxygen atoms in total. The number of hydrogen-bond acceptors (Lipinski definition) is 3. The molecule has 2 heterocycles. The highest BCUT2D eigenvalue weighted by Gasteiger charge is 2.36. The molecule has 1 aliphatic carbocycles. The number of aryl methyl sites for hydroxylation is 1. The standard InChI is InChI=1S/C17H28N4O.ClH/c1-17(2)6-4-13(5-7-17)20-16(22)15-10-18-9-14(15)12-8-19-21(3)11-12;/h8,11,13-15,18H,4-7,9-10H2,1-3H3,(H,20,22);1H/t14-,15+;/m1./s1. The van der Waals surface area contributed by atoms with Crippen LogP contribution < -0.4 is 10.6 Å². The van der Waals surface area contributed by atoms with Crippen LogP contribution in [0.4, 0.5) is 0 Å². The predicted octanol–water partition coefficient (Wildman–Crippen LogP) is 2.23. The zero-order valence-corrected chi connectivity index (χ0v) is 15.2. The lowest BCUT2D eigenvalue weighted by Crippen LogP contribution is -2.43. The highest BCUT2D eigenvalue weighted by Crippen LogP contribution is 2.35. The third-order valence-corrected chi connectivity index (χ3v) is 5.39. The minimum Gasteiger partial charge on any atom is -0.353 e. The highest BCUT2D eigenvalue weighted by molar-refractivity contribution is 5.85. The first-order chi connectivity index (χ1) is 10.4. The van der Waals surface area contributed by atoms with E-state index >= 15 is 0 Å². The molecule has 1 saturated heterocycles. The zero-order chi connectivity index (χ0) is 15.7. The topological polar surface area (TPSA) is 59.0 Å². The Morgan fingerprint density at radius 3 is 2.65 bits per heavy atom. The molecule has 0 spiro atoms. The van der Waals surface area contributed by atoms with Crippen LogP contribution in [-0.2, 0) is 11.8 Å². The van der Waals surface area contributed by atoms with Crippen LogP contribution in [-0.4, -0.2) is 34.8 Å². The minimum absolute atomic E-state index is 0. The molecule has 2 aliphatic rings. The van der Waals surface area contributed by atoms with E-state index in [2.05, 4.69) is 29.6 Å². The summed E-state index contributed by atoms with van der Waals surface area (Å²) in [5.41, 5.74) is 1.60. The van der Waals surface area contributed by atoms with Gasteiger partial charge in [0.15, 0.2) is 0 Å². The maximum Gasteiger partial charge on any atom is 0.225 e. The molecule has 2 N–H and O–H groups in total. The van der Waals surface area contributed by atoms with Crippen molar-refractivity contribution in [3.63, 3.8) is 0 Å². The molecule has 3 rings (SSSR count). The quantitative estimate of drug-likeness (QED) is 0.887. The summed E-state index contributed by atoms with van der Waals surface area (Å²) >= 11 is 0. The first-order valence-electron chi connectivity index (χ1n) is 8.44. The molecule has 0 unspecified atom stereocenters. The minimum atomic E-state index is 0. The van der Waals surface area contributed by atoms with Crippen LogP contribution in [0.25, 0.3) is 0 Å². The Balaban J connectivity index is 0.00000192. The van der Waals surface area contributed by atoms with Crippen molar-refractivity contribution in [2.24, 2.45) is 18.4 Å². The number of nitrogens with one attached hydrogen (secondary N) is 2. The predicted molar refractivity (Wildman–Crippen MR) is 93.7 cm³/mol. The van der Waals surface area contributed by atoms with Crippen LogP contribution in [0, 0.1) is 11.3 Å². The number of amides is 1. The summed E-state index contributed by atoms with van der Waals surface area (Å²) in [6.45, 7) is 6.28. The third-order valence-electron chi connectivity index (χ3n) is 5.39. The molecule has 1 aromatic rings. The number of aromatic nitrogens is 2. The summed E-state index contributed by atoms with van der Waals surface area (Å²) < 4.78 is 1.81. The van der Waals surface area contributed by atoms with Gasteiger partial charge in [0.05, 0.1) is 12.1 Å². The fourth-order valence-corrected chi connectivity index (χ4v) is 3.79. The van der Waals surface area contributed by atoms with Crippen LogP contribution >= 0.6 is 12.4 Å². The third kappa shape index (κ3) is 4.27. The molecule has 2 atom stereocenters. The van der Waals surface area contributed by atoms with E-state index in [9.17, 15) is 4.79 Å². The summed E-state index contributed by atoms with van der Waals surface area (Å²) in [5.74, 6) is 0.483. The lowest BCUT2D eigenvalue weighted by Gasteiger charge is -2.35. The zero-order valence-electron chi connectivity index (χ0n) is 14.3. The molecule has 23 heavy (non-hydrogen) atoms. The van der Waals surface area contributed by atoms with Gasteiger partial charge in [-0.15, -0.1) is 12.4 Å². The average Bonchev–Trinajstić information content (AvgIpc) is 3.09. The van der Waals surface area contributed by atoms with Crippen molar-refractivity contribution >= 4 is 18.3 Å². The van der Waals surface area contributed by atoms with Gasteiger partial charge in [0, 0.05) is 38.3 Å².